The van der Waals surface area contributed by atoms with Gasteiger partial charge in [-0.05, 0) is 54.5 Å². The quantitative estimate of drug-likeness (QED) is 0.382. The molecule has 0 atom stereocenters. The van der Waals surface area contributed by atoms with Crippen LogP contribution < -0.4 is 0 Å². The van der Waals surface area contributed by atoms with Crippen molar-refractivity contribution in [1.29, 1.82) is 0 Å². The van der Waals surface area contributed by atoms with E-state index in [2.05, 4.69) is 0 Å². The van der Waals surface area contributed by atoms with Crippen molar-refractivity contribution in [3.05, 3.63) is 82.9 Å². The van der Waals surface area contributed by atoms with Crippen molar-refractivity contribution in [1.82, 2.24) is 9.80 Å². The van der Waals surface area contributed by atoms with Crippen LogP contribution >= 0.6 is 0 Å². The van der Waals surface area contributed by atoms with Gasteiger partial charge < -0.3 is 9.64 Å². The molecular weight excluding hydrogens is 444 g/mol. The summed E-state index contributed by atoms with van der Waals surface area (Å²) in [5.74, 6) is -1.04. The van der Waals surface area contributed by atoms with Crippen molar-refractivity contribution in [2.75, 3.05) is 19.6 Å². The van der Waals surface area contributed by atoms with Crippen LogP contribution in [-0.4, -0.2) is 53.1 Å². The van der Waals surface area contributed by atoms with E-state index in [-0.39, 0.29) is 37.3 Å². The summed E-state index contributed by atoms with van der Waals surface area (Å²) in [6.07, 6.45) is 2.50. The zero-order valence-electron chi connectivity index (χ0n) is 19.4. The second-order valence-electron chi connectivity index (χ2n) is 8.93. The van der Waals surface area contributed by atoms with E-state index in [4.69, 9.17) is 4.74 Å². The molecule has 3 aromatic rings. The molecule has 2 aliphatic rings. The number of esters is 1. The van der Waals surface area contributed by atoms with Gasteiger partial charge in [0.05, 0.1) is 0 Å². The predicted molar refractivity (Wildman–Crippen MR) is 130 cm³/mol. The molecule has 3 aromatic carbocycles. The molecule has 0 aromatic heterocycles. The summed E-state index contributed by atoms with van der Waals surface area (Å²) in [4.78, 5) is 53.6. The molecule has 1 fully saturated rings. The van der Waals surface area contributed by atoms with Crippen LogP contribution in [0.5, 0.6) is 0 Å². The third kappa shape index (κ3) is 4.54. The van der Waals surface area contributed by atoms with Crippen LogP contribution in [0.1, 0.15) is 62.3 Å². The first kappa shape index (κ1) is 22.8. The highest BCUT2D eigenvalue weighted by Gasteiger charge is 2.32. The van der Waals surface area contributed by atoms with E-state index in [1.165, 1.54) is 4.90 Å². The SMILES string of the molecule is O=C(CCCN1C(=O)c2cccc3cccc(c23)C1=O)OCc1ccc(C(=O)N2CCCC2)cc1. The van der Waals surface area contributed by atoms with Gasteiger partial charge in [-0.3, -0.25) is 24.1 Å². The first-order chi connectivity index (χ1) is 17.0. The summed E-state index contributed by atoms with van der Waals surface area (Å²) >= 11 is 0. The maximum absolute atomic E-state index is 12.9. The smallest absolute Gasteiger partial charge is 0.306 e. The first-order valence-corrected chi connectivity index (χ1v) is 11.9. The molecular formula is C28H26N2O5. The molecule has 0 saturated carbocycles. The molecule has 2 heterocycles. The minimum Gasteiger partial charge on any atom is -0.461 e. The van der Waals surface area contributed by atoms with Gasteiger partial charge in [-0.1, -0.05) is 36.4 Å². The van der Waals surface area contributed by atoms with Crippen LogP contribution in [-0.2, 0) is 16.1 Å². The zero-order valence-corrected chi connectivity index (χ0v) is 19.4. The van der Waals surface area contributed by atoms with E-state index in [0.29, 0.717) is 28.5 Å². The normalized spacial score (nSPS) is 15.1. The van der Waals surface area contributed by atoms with Gasteiger partial charge in [0, 0.05) is 48.1 Å². The summed E-state index contributed by atoms with van der Waals surface area (Å²) in [6, 6.07) is 17.9. The number of hydrogen-bond acceptors (Lipinski definition) is 5. The fourth-order valence-electron chi connectivity index (χ4n) is 4.75. The molecule has 3 amide bonds. The highest BCUT2D eigenvalue weighted by Crippen LogP contribution is 2.30. The molecule has 5 rings (SSSR count). The zero-order chi connectivity index (χ0) is 24.4. The van der Waals surface area contributed by atoms with Gasteiger partial charge >= 0.3 is 5.97 Å². The van der Waals surface area contributed by atoms with E-state index in [1.807, 2.05) is 17.0 Å². The maximum atomic E-state index is 12.9. The standard InChI is InChI=1S/C28H26N2O5/c31-24(35-18-19-11-13-21(14-12-19)26(32)29-15-1-2-16-29)10-5-17-30-27(33)22-8-3-6-20-7-4-9-23(25(20)22)28(30)34/h3-4,6-9,11-14H,1-2,5,10,15-18H2. The Morgan fingerprint density at radius 2 is 1.46 bits per heavy atom. The predicted octanol–water partition coefficient (Wildman–Crippen LogP) is 4.20. The van der Waals surface area contributed by atoms with E-state index >= 15 is 0 Å². The summed E-state index contributed by atoms with van der Waals surface area (Å²) in [5, 5.41) is 1.55. The molecule has 0 unspecified atom stereocenters. The fraction of sp³-hybridized carbons (Fsp3) is 0.286. The lowest BCUT2D eigenvalue weighted by atomic mass is 9.94. The van der Waals surface area contributed by atoms with E-state index in [0.717, 1.165) is 36.9 Å². The van der Waals surface area contributed by atoms with Gasteiger partial charge in [0.1, 0.15) is 6.61 Å². The monoisotopic (exact) mass is 470 g/mol. The van der Waals surface area contributed by atoms with Gasteiger partial charge in [-0.15, -0.1) is 0 Å². The van der Waals surface area contributed by atoms with Gasteiger partial charge in [-0.25, -0.2) is 0 Å². The lowest BCUT2D eigenvalue weighted by molar-refractivity contribution is -0.145. The molecule has 0 spiro atoms. The number of imide groups is 1. The number of nitrogens with zero attached hydrogens (tertiary/aromatic N) is 2. The topological polar surface area (TPSA) is 84.0 Å². The van der Waals surface area contributed by atoms with Crippen LogP contribution in [0.15, 0.2) is 60.7 Å². The number of ether oxygens (including phenoxy) is 1. The van der Waals surface area contributed by atoms with Crippen molar-refractivity contribution in [2.45, 2.75) is 32.3 Å². The Bertz CT molecular complexity index is 1260. The summed E-state index contributed by atoms with van der Waals surface area (Å²) in [5.41, 5.74) is 2.44. The Kier molecular flexibility index (Phi) is 6.31. The number of amides is 3. The van der Waals surface area contributed by atoms with Crippen LogP contribution in [0.3, 0.4) is 0 Å². The lowest BCUT2D eigenvalue weighted by Crippen LogP contribution is -2.41. The van der Waals surface area contributed by atoms with Gasteiger partial charge in [0.25, 0.3) is 17.7 Å². The number of benzene rings is 3. The largest absolute Gasteiger partial charge is 0.461 e. The Balaban J connectivity index is 1.12. The maximum Gasteiger partial charge on any atom is 0.306 e. The second kappa shape index (κ2) is 9.70. The van der Waals surface area contributed by atoms with Crippen LogP contribution in [0.2, 0.25) is 0 Å². The number of likely N-dealkylation sites (tertiary alicyclic amines) is 1. The highest BCUT2D eigenvalue weighted by molar-refractivity contribution is 6.25. The van der Waals surface area contributed by atoms with Crippen molar-refractivity contribution >= 4 is 34.5 Å². The lowest BCUT2D eigenvalue weighted by Gasteiger charge is -2.27. The summed E-state index contributed by atoms with van der Waals surface area (Å²) in [6.45, 7) is 1.85. The fourth-order valence-corrected chi connectivity index (χ4v) is 4.75. The van der Waals surface area contributed by atoms with E-state index in [9.17, 15) is 19.2 Å². The van der Waals surface area contributed by atoms with E-state index < -0.39 is 5.97 Å². The molecule has 0 bridgehead atoms. The third-order valence-corrected chi connectivity index (χ3v) is 6.61. The molecule has 0 radical (unpaired) electrons. The number of rotatable bonds is 7. The minimum absolute atomic E-state index is 0.0340. The Labute approximate surface area is 203 Å². The van der Waals surface area contributed by atoms with Gasteiger partial charge in [-0.2, -0.15) is 0 Å². The Morgan fingerprint density at radius 1 is 0.829 bits per heavy atom. The third-order valence-electron chi connectivity index (χ3n) is 6.61. The molecule has 0 aliphatic carbocycles. The Morgan fingerprint density at radius 3 is 2.09 bits per heavy atom. The number of carbonyl (C=O) groups excluding carboxylic acids is 4. The average molecular weight is 471 g/mol. The molecule has 0 N–H and O–H groups in total. The molecule has 7 nitrogen and oxygen atoms in total. The molecule has 35 heavy (non-hydrogen) atoms. The van der Waals surface area contributed by atoms with Crippen LogP contribution in [0.25, 0.3) is 10.8 Å². The molecule has 7 heteroatoms. The Hall–Kier alpha value is -4.00. The minimum atomic E-state index is -0.401. The van der Waals surface area contributed by atoms with Crippen LogP contribution in [0.4, 0.5) is 0 Å². The van der Waals surface area contributed by atoms with E-state index in [1.54, 1.807) is 48.5 Å². The van der Waals surface area contributed by atoms with Gasteiger partial charge in [0.15, 0.2) is 0 Å². The summed E-state index contributed by atoms with van der Waals surface area (Å²) in [7, 11) is 0. The van der Waals surface area contributed by atoms with Crippen molar-refractivity contribution in [3.63, 3.8) is 0 Å². The van der Waals surface area contributed by atoms with Crippen molar-refractivity contribution < 1.29 is 23.9 Å². The average Bonchev–Trinajstić information content (AvgIpc) is 3.43. The second-order valence-corrected chi connectivity index (χ2v) is 8.93. The molecule has 1 saturated heterocycles. The summed E-state index contributed by atoms with van der Waals surface area (Å²) < 4.78 is 5.35. The van der Waals surface area contributed by atoms with Gasteiger partial charge in [0.2, 0.25) is 0 Å². The van der Waals surface area contributed by atoms with Crippen LogP contribution in [0, 0.1) is 0 Å². The molecule has 2 aliphatic heterocycles. The number of hydrogen-bond donors (Lipinski definition) is 0. The highest BCUT2D eigenvalue weighted by atomic mass is 16.5. The number of carbonyl (C=O) groups is 4. The van der Waals surface area contributed by atoms with Crippen molar-refractivity contribution in [2.24, 2.45) is 0 Å². The molecule has 178 valence electrons. The first-order valence-electron chi connectivity index (χ1n) is 11.9. The van der Waals surface area contributed by atoms with Crippen molar-refractivity contribution in [3.8, 4) is 0 Å².